The van der Waals surface area contributed by atoms with Crippen molar-refractivity contribution >= 4 is 21.6 Å². The number of nitrogens with zero attached hydrogens (tertiary/aromatic N) is 2. The van der Waals surface area contributed by atoms with Crippen molar-refractivity contribution in [2.75, 3.05) is 0 Å². The Morgan fingerprint density at radius 1 is 1.17 bits per heavy atom. The lowest BCUT2D eigenvalue weighted by Crippen LogP contribution is -2.00. The summed E-state index contributed by atoms with van der Waals surface area (Å²) in [6.07, 6.45) is 1.33. The molecule has 116 valence electrons. The van der Waals surface area contributed by atoms with Gasteiger partial charge >= 0.3 is 0 Å². The topological polar surface area (TPSA) is 101 Å². The molecule has 23 heavy (non-hydrogen) atoms. The van der Waals surface area contributed by atoms with Crippen LogP contribution in [0.15, 0.2) is 53.9 Å². The van der Waals surface area contributed by atoms with Gasteiger partial charge < -0.3 is 0 Å². The van der Waals surface area contributed by atoms with Crippen LogP contribution in [0.4, 0.5) is 5.69 Å². The Morgan fingerprint density at radius 3 is 2.48 bits per heavy atom. The summed E-state index contributed by atoms with van der Waals surface area (Å²) in [6.45, 7) is 0. The minimum Gasteiger partial charge on any atom is -0.258 e. The van der Waals surface area contributed by atoms with Gasteiger partial charge in [-0.15, -0.1) is 0 Å². The van der Waals surface area contributed by atoms with E-state index >= 15 is 0 Å². The quantitative estimate of drug-likeness (QED) is 0.620. The molecule has 0 heterocycles. The summed E-state index contributed by atoms with van der Waals surface area (Å²) in [5.41, 5.74) is 1.35. The zero-order chi connectivity index (χ0) is 16.9. The lowest BCUT2D eigenvalue weighted by atomic mass is 10.2. The normalized spacial score (nSPS) is 11.3. The molecule has 0 radical (unpaired) electrons. The standard InChI is InChI=1S/C16H12N2O4S/c17-11-14-4-6-15(7-5-14)12-23(21,22)9-8-13-2-1-3-16(10-13)18(19)20/h1-10H,12H2. The fourth-order valence-corrected chi connectivity index (χ4v) is 3.00. The minimum atomic E-state index is -3.52. The Bertz CT molecular complexity index is 894. The van der Waals surface area contributed by atoms with Crippen LogP contribution >= 0.6 is 0 Å². The first-order valence-electron chi connectivity index (χ1n) is 6.54. The van der Waals surface area contributed by atoms with Crippen LogP contribution in [0.1, 0.15) is 16.7 Å². The van der Waals surface area contributed by atoms with Crippen molar-refractivity contribution in [2.45, 2.75) is 5.75 Å². The first-order chi connectivity index (χ1) is 10.9. The maximum absolute atomic E-state index is 12.1. The summed E-state index contributed by atoms with van der Waals surface area (Å²) in [4.78, 5) is 10.1. The number of nitro groups is 1. The molecular weight excluding hydrogens is 316 g/mol. The third-order valence-corrected chi connectivity index (χ3v) is 4.29. The van der Waals surface area contributed by atoms with Crippen LogP contribution in [0.2, 0.25) is 0 Å². The van der Waals surface area contributed by atoms with Crippen LogP contribution in [-0.4, -0.2) is 13.3 Å². The molecule has 0 aromatic heterocycles. The van der Waals surface area contributed by atoms with Crippen LogP contribution in [-0.2, 0) is 15.6 Å². The summed E-state index contributed by atoms with van der Waals surface area (Å²) in [5, 5.41) is 20.4. The van der Waals surface area contributed by atoms with E-state index < -0.39 is 14.8 Å². The van der Waals surface area contributed by atoms with E-state index in [1.165, 1.54) is 24.3 Å². The Hall–Kier alpha value is -2.98. The van der Waals surface area contributed by atoms with Crippen molar-refractivity contribution in [1.82, 2.24) is 0 Å². The third kappa shape index (κ3) is 4.76. The molecule has 0 N–H and O–H groups in total. The Labute approximate surface area is 133 Å². The van der Waals surface area contributed by atoms with Crippen molar-refractivity contribution in [3.05, 3.63) is 80.7 Å². The van der Waals surface area contributed by atoms with Crippen LogP contribution < -0.4 is 0 Å². The molecule has 0 fully saturated rings. The fourth-order valence-electron chi connectivity index (χ4n) is 1.88. The van der Waals surface area contributed by atoms with Gasteiger partial charge in [-0.2, -0.15) is 5.26 Å². The molecule has 0 atom stereocenters. The Morgan fingerprint density at radius 2 is 1.87 bits per heavy atom. The molecule has 2 aromatic rings. The number of benzene rings is 2. The first kappa shape index (κ1) is 16.4. The Balaban J connectivity index is 2.15. The van der Waals surface area contributed by atoms with Crippen molar-refractivity contribution in [2.24, 2.45) is 0 Å². The molecule has 0 spiro atoms. The molecule has 0 saturated heterocycles. The second kappa shape index (κ2) is 6.85. The van der Waals surface area contributed by atoms with Crippen LogP contribution in [0.25, 0.3) is 6.08 Å². The average molecular weight is 328 g/mol. The number of hydrogen-bond donors (Lipinski definition) is 0. The molecule has 2 rings (SSSR count). The second-order valence-electron chi connectivity index (χ2n) is 4.77. The highest BCUT2D eigenvalue weighted by Gasteiger charge is 2.09. The Kier molecular flexibility index (Phi) is 4.88. The van der Waals surface area contributed by atoms with E-state index in [1.54, 1.807) is 30.3 Å². The van der Waals surface area contributed by atoms with Crippen LogP contribution in [0, 0.1) is 21.4 Å². The van der Waals surface area contributed by atoms with Crippen molar-refractivity contribution in [3.63, 3.8) is 0 Å². The van der Waals surface area contributed by atoms with E-state index in [9.17, 15) is 18.5 Å². The molecule has 0 saturated carbocycles. The summed E-state index contributed by atoms with van der Waals surface area (Å²) in [5.74, 6) is -0.204. The highest BCUT2D eigenvalue weighted by atomic mass is 32.2. The van der Waals surface area contributed by atoms with Gasteiger partial charge in [0.1, 0.15) is 0 Å². The summed E-state index contributed by atoms with van der Waals surface area (Å²) < 4.78 is 24.1. The minimum absolute atomic E-state index is 0.100. The number of rotatable bonds is 5. The predicted molar refractivity (Wildman–Crippen MR) is 85.9 cm³/mol. The van der Waals surface area contributed by atoms with Gasteiger partial charge in [0.15, 0.2) is 9.84 Å². The van der Waals surface area contributed by atoms with E-state index in [4.69, 9.17) is 5.26 Å². The van der Waals surface area contributed by atoms with Crippen molar-refractivity contribution in [3.8, 4) is 6.07 Å². The lowest BCUT2D eigenvalue weighted by molar-refractivity contribution is -0.384. The molecule has 2 aromatic carbocycles. The summed E-state index contributed by atoms with van der Waals surface area (Å²) in [7, 11) is -3.52. The zero-order valence-electron chi connectivity index (χ0n) is 11.9. The molecule has 0 aliphatic heterocycles. The highest BCUT2D eigenvalue weighted by Crippen LogP contribution is 2.16. The monoisotopic (exact) mass is 328 g/mol. The van der Waals surface area contributed by atoms with Gasteiger partial charge in [-0.05, 0) is 29.3 Å². The van der Waals surface area contributed by atoms with E-state index in [2.05, 4.69) is 0 Å². The van der Waals surface area contributed by atoms with Gasteiger partial charge in [-0.1, -0.05) is 24.3 Å². The smallest absolute Gasteiger partial charge is 0.258 e. The number of hydrogen-bond acceptors (Lipinski definition) is 5. The van der Waals surface area contributed by atoms with Crippen molar-refractivity contribution < 1.29 is 13.3 Å². The van der Waals surface area contributed by atoms with Gasteiger partial charge in [0.25, 0.3) is 5.69 Å². The van der Waals surface area contributed by atoms with E-state index in [-0.39, 0.29) is 11.4 Å². The number of nitriles is 1. The molecule has 0 unspecified atom stereocenters. The predicted octanol–water partition coefficient (Wildman–Crippen LogP) is 3.05. The highest BCUT2D eigenvalue weighted by molar-refractivity contribution is 7.93. The van der Waals surface area contributed by atoms with Crippen molar-refractivity contribution in [1.29, 1.82) is 5.26 Å². The molecule has 0 amide bonds. The van der Waals surface area contributed by atoms with Gasteiger partial charge in [-0.25, -0.2) is 8.42 Å². The van der Waals surface area contributed by atoms with Gasteiger partial charge in [0.2, 0.25) is 0 Å². The fraction of sp³-hybridized carbons (Fsp3) is 0.0625. The van der Waals surface area contributed by atoms with E-state index in [1.807, 2.05) is 6.07 Å². The molecule has 0 aliphatic rings. The molecule has 6 nitrogen and oxygen atoms in total. The first-order valence-corrected chi connectivity index (χ1v) is 8.25. The maximum atomic E-state index is 12.1. The van der Waals surface area contributed by atoms with Gasteiger partial charge in [0, 0.05) is 17.5 Å². The molecule has 0 bridgehead atoms. The van der Waals surface area contributed by atoms with Crippen LogP contribution in [0.3, 0.4) is 0 Å². The van der Waals surface area contributed by atoms with Gasteiger partial charge in [0.05, 0.1) is 22.3 Å². The number of nitro benzene ring substituents is 1. The zero-order valence-corrected chi connectivity index (χ0v) is 12.7. The average Bonchev–Trinajstić information content (AvgIpc) is 2.54. The third-order valence-electron chi connectivity index (χ3n) is 3.00. The maximum Gasteiger partial charge on any atom is 0.270 e. The van der Waals surface area contributed by atoms with Gasteiger partial charge in [-0.3, -0.25) is 10.1 Å². The molecule has 7 heteroatoms. The second-order valence-corrected chi connectivity index (χ2v) is 6.66. The SMILES string of the molecule is N#Cc1ccc(CS(=O)(=O)C=Cc2cccc([N+](=O)[O-])c2)cc1. The van der Waals surface area contributed by atoms with Crippen LogP contribution in [0.5, 0.6) is 0 Å². The number of sulfone groups is 1. The van der Waals surface area contributed by atoms with E-state index in [0.29, 0.717) is 16.7 Å². The number of non-ortho nitro benzene ring substituents is 1. The molecule has 0 aliphatic carbocycles. The van der Waals surface area contributed by atoms with E-state index in [0.717, 1.165) is 5.41 Å². The summed E-state index contributed by atoms with van der Waals surface area (Å²) >= 11 is 0. The largest absolute Gasteiger partial charge is 0.270 e. The lowest BCUT2D eigenvalue weighted by Gasteiger charge is -2.00. The molecular formula is C16H12N2O4S. The summed E-state index contributed by atoms with van der Waals surface area (Å²) in [6, 6.07) is 13.9.